The molecule has 2 saturated carbocycles. The molecule has 0 aromatic heterocycles. The summed E-state index contributed by atoms with van der Waals surface area (Å²) in [5.41, 5.74) is -1.82. The molecule has 0 aromatic carbocycles. The molecule has 30 heavy (non-hydrogen) atoms. The molecule has 6 atom stereocenters. The smallest absolute Gasteiger partial charge is 0.310 e. The van der Waals surface area contributed by atoms with E-state index in [1.807, 2.05) is 6.92 Å². The number of nitrogens with zero attached hydrogens (tertiary/aromatic N) is 1. The van der Waals surface area contributed by atoms with Crippen LogP contribution < -0.4 is 0 Å². The molecule has 1 N–H and O–H groups in total. The van der Waals surface area contributed by atoms with Gasteiger partial charge in [-0.3, -0.25) is 4.79 Å². The molecule has 3 heterocycles. The molecule has 5 fully saturated rings. The van der Waals surface area contributed by atoms with Crippen LogP contribution >= 0.6 is 0 Å². The fraction of sp³-hybridized carbons (Fsp3) is 0.957. The highest BCUT2D eigenvalue weighted by Gasteiger charge is 2.67. The van der Waals surface area contributed by atoms with Gasteiger partial charge in [-0.15, -0.1) is 0 Å². The number of hydrogen-bond acceptors (Lipinski definition) is 7. The first kappa shape index (κ1) is 21.1. The molecular formula is C23H37NO6. The normalized spacial score (nSPS) is 48.4. The Kier molecular flexibility index (Phi) is 5.03. The van der Waals surface area contributed by atoms with Crippen LogP contribution in [-0.4, -0.2) is 79.0 Å². The zero-order valence-electron chi connectivity index (χ0n) is 18.7. The van der Waals surface area contributed by atoms with Gasteiger partial charge in [0.1, 0.15) is 6.10 Å². The molecular weight excluding hydrogens is 386 g/mol. The number of aliphatic hydroxyl groups is 1. The van der Waals surface area contributed by atoms with E-state index in [0.717, 1.165) is 51.6 Å². The van der Waals surface area contributed by atoms with E-state index in [1.54, 1.807) is 7.11 Å². The Morgan fingerprint density at radius 2 is 1.80 bits per heavy atom. The number of likely N-dealkylation sites (tertiary alicyclic amines) is 1. The van der Waals surface area contributed by atoms with Gasteiger partial charge in [-0.2, -0.15) is 0 Å². The summed E-state index contributed by atoms with van der Waals surface area (Å²) < 4.78 is 23.5. The molecule has 1 spiro atoms. The number of hydrogen-bond donors (Lipinski definition) is 1. The SMILES string of the molecule is CO[C@]1(C)CCC[C@]2(C)C[C@H]3OC(=O)C(CN4CCC5(CC4)OCCO5)[C@H]3CC21O. The highest BCUT2D eigenvalue weighted by atomic mass is 16.7. The van der Waals surface area contributed by atoms with Crippen molar-refractivity contribution in [3.8, 4) is 0 Å². The number of carbonyl (C=O) groups is 1. The Morgan fingerprint density at radius 3 is 2.47 bits per heavy atom. The predicted molar refractivity (Wildman–Crippen MR) is 109 cm³/mol. The van der Waals surface area contributed by atoms with Gasteiger partial charge in [0.05, 0.1) is 30.3 Å². The van der Waals surface area contributed by atoms with E-state index in [-0.39, 0.29) is 29.3 Å². The summed E-state index contributed by atoms with van der Waals surface area (Å²) >= 11 is 0. The van der Waals surface area contributed by atoms with Crippen LogP contribution in [0, 0.1) is 17.3 Å². The summed E-state index contributed by atoms with van der Waals surface area (Å²) in [6.45, 7) is 7.96. The monoisotopic (exact) mass is 423 g/mol. The topological polar surface area (TPSA) is 77.5 Å². The molecule has 0 amide bonds. The average molecular weight is 424 g/mol. The fourth-order valence-electron chi connectivity index (χ4n) is 7.23. The summed E-state index contributed by atoms with van der Waals surface area (Å²) in [5.74, 6) is -0.646. The number of esters is 1. The van der Waals surface area contributed by atoms with E-state index in [1.165, 1.54) is 0 Å². The van der Waals surface area contributed by atoms with Gasteiger partial charge in [0.2, 0.25) is 0 Å². The van der Waals surface area contributed by atoms with Gasteiger partial charge in [0.25, 0.3) is 0 Å². The van der Waals surface area contributed by atoms with Gasteiger partial charge in [-0.05, 0) is 39.0 Å². The molecule has 5 rings (SSSR count). The van der Waals surface area contributed by atoms with Crippen molar-refractivity contribution in [2.45, 2.75) is 81.9 Å². The first-order valence-corrected chi connectivity index (χ1v) is 11.7. The molecule has 3 aliphatic heterocycles. The Hall–Kier alpha value is -0.730. The Morgan fingerprint density at radius 1 is 1.10 bits per heavy atom. The third-order valence-electron chi connectivity index (χ3n) is 9.34. The fourth-order valence-corrected chi connectivity index (χ4v) is 7.23. The van der Waals surface area contributed by atoms with Gasteiger partial charge in [-0.1, -0.05) is 6.92 Å². The van der Waals surface area contributed by atoms with Crippen molar-refractivity contribution in [2.24, 2.45) is 17.3 Å². The summed E-state index contributed by atoms with van der Waals surface area (Å²) in [4.78, 5) is 15.2. The lowest BCUT2D eigenvalue weighted by atomic mass is 9.49. The molecule has 0 bridgehead atoms. The third kappa shape index (κ3) is 2.99. The van der Waals surface area contributed by atoms with Crippen molar-refractivity contribution >= 4 is 5.97 Å². The van der Waals surface area contributed by atoms with E-state index < -0.39 is 17.0 Å². The molecule has 7 heteroatoms. The largest absolute Gasteiger partial charge is 0.462 e. The minimum absolute atomic E-state index is 0.0398. The maximum Gasteiger partial charge on any atom is 0.310 e. The number of ether oxygens (including phenoxy) is 4. The van der Waals surface area contributed by atoms with E-state index in [0.29, 0.717) is 26.2 Å². The first-order valence-electron chi connectivity index (χ1n) is 11.7. The van der Waals surface area contributed by atoms with Gasteiger partial charge < -0.3 is 29.0 Å². The Labute approximate surface area is 179 Å². The molecule has 7 nitrogen and oxygen atoms in total. The predicted octanol–water partition coefficient (Wildman–Crippen LogP) is 2.10. The molecule has 5 aliphatic rings. The highest BCUT2D eigenvalue weighted by molar-refractivity contribution is 5.75. The lowest BCUT2D eigenvalue weighted by Gasteiger charge is -2.62. The summed E-state index contributed by atoms with van der Waals surface area (Å²) in [7, 11) is 1.71. The second-order valence-corrected chi connectivity index (χ2v) is 10.8. The molecule has 2 unspecified atom stereocenters. The van der Waals surface area contributed by atoms with Crippen molar-refractivity contribution in [3.63, 3.8) is 0 Å². The minimum atomic E-state index is -0.947. The molecule has 3 saturated heterocycles. The first-order chi connectivity index (χ1) is 14.2. The number of carbonyl (C=O) groups excluding carboxylic acids is 1. The number of piperidine rings is 1. The number of rotatable bonds is 3. The van der Waals surface area contributed by atoms with E-state index in [4.69, 9.17) is 18.9 Å². The van der Waals surface area contributed by atoms with Crippen LogP contribution in [0.3, 0.4) is 0 Å². The molecule has 2 aliphatic carbocycles. The maximum absolute atomic E-state index is 12.9. The second kappa shape index (κ2) is 7.14. The Bertz CT molecular complexity index is 685. The lowest BCUT2D eigenvalue weighted by Crippen LogP contribution is -2.69. The summed E-state index contributed by atoms with van der Waals surface area (Å²) in [6.07, 6.45) is 5.70. The number of methoxy groups -OCH3 is 1. The van der Waals surface area contributed by atoms with E-state index in [9.17, 15) is 9.90 Å². The van der Waals surface area contributed by atoms with Crippen molar-refractivity contribution < 1.29 is 28.8 Å². The lowest BCUT2D eigenvalue weighted by molar-refractivity contribution is -0.270. The average Bonchev–Trinajstić information content (AvgIpc) is 3.28. The van der Waals surface area contributed by atoms with E-state index in [2.05, 4.69) is 11.8 Å². The van der Waals surface area contributed by atoms with Crippen molar-refractivity contribution in [1.29, 1.82) is 0 Å². The van der Waals surface area contributed by atoms with Gasteiger partial charge in [-0.25, -0.2) is 0 Å². The quantitative estimate of drug-likeness (QED) is 0.697. The van der Waals surface area contributed by atoms with Crippen molar-refractivity contribution in [2.75, 3.05) is 40.0 Å². The standard InChI is InChI=1S/C23H37NO6/c1-20-5-4-6-21(2,27-3)23(20,26)13-16-17(19(25)30-18(16)14-20)15-24-9-7-22(8-10-24)28-11-12-29-22/h16-18,26H,4-15H2,1-3H3/t16-,17?,18-,20-,21-,23?/m1/s1. The third-order valence-corrected chi connectivity index (χ3v) is 9.34. The van der Waals surface area contributed by atoms with Crippen LogP contribution in [0.1, 0.15) is 58.8 Å². The van der Waals surface area contributed by atoms with Crippen LogP contribution in [0.2, 0.25) is 0 Å². The maximum atomic E-state index is 12.9. The van der Waals surface area contributed by atoms with Crippen LogP contribution in [0.15, 0.2) is 0 Å². The van der Waals surface area contributed by atoms with Gasteiger partial charge >= 0.3 is 5.97 Å². The van der Waals surface area contributed by atoms with Crippen LogP contribution in [-0.2, 0) is 23.7 Å². The molecule has 0 aromatic rings. The van der Waals surface area contributed by atoms with Crippen molar-refractivity contribution in [1.82, 2.24) is 4.90 Å². The molecule has 0 radical (unpaired) electrons. The Balaban J connectivity index is 1.32. The van der Waals surface area contributed by atoms with Crippen LogP contribution in [0.5, 0.6) is 0 Å². The summed E-state index contributed by atoms with van der Waals surface area (Å²) in [5, 5.41) is 12.0. The van der Waals surface area contributed by atoms with E-state index >= 15 is 0 Å². The van der Waals surface area contributed by atoms with Crippen molar-refractivity contribution in [3.05, 3.63) is 0 Å². The zero-order valence-corrected chi connectivity index (χ0v) is 18.7. The minimum Gasteiger partial charge on any atom is -0.462 e. The molecule has 170 valence electrons. The zero-order chi connectivity index (χ0) is 21.2. The summed E-state index contributed by atoms with van der Waals surface area (Å²) in [6, 6.07) is 0. The van der Waals surface area contributed by atoms with Gasteiger partial charge in [0, 0.05) is 50.9 Å². The highest BCUT2D eigenvalue weighted by Crippen LogP contribution is 2.61. The van der Waals surface area contributed by atoms with Crippen LogP contribution in [0.4, 0.5) is 0 Å². The number of fused-ring (bicyclic) bond motifs is 2. The van der Waals surface area contributed by atoms with Crippen LogP contribution in [0.25, 0.3) is 0 Å². The van der Waals surface area contributed by atoms with Gasteiger partial charge in [0.15, 0.2) is 5.79 Å². The second-order valence-electron chi connectivity index (χ2n) is 10.8.